The number of halogens is 2. The van der Waals surface area contributed by atoms with Crippen molar-refractivity contribution in [3.63, 3.8) is 0 Å². The normalized spacial score (nSPS) is 15.8. The van der Waals surface area contributed by atoms with Crippen LogP contribution in [0.1, 0.15) is 0 Å². The van der Waals surface area contributed by atoms with Gasteiger partial charge in [-0.1, -0.05) is 0 Å². The van der Waals surface area contributed by atoms with E-state index in [0.29, 0.717) is 11.4 Å². The minimum absolute atomic E-state index is 0.700. The van der Waals surface area contributed by atoms with Gasteiger partial charge in [-0.15, -0.1) is 0 Å². The smallest absolute Gasteiger partial charge is 0.0778 e. The first-order valence-corrected chi connectivity index (χ1v) is 3.28. The number of hydrogen-bond acceptors (Lipinski definition) is 2. The highest BCUT2D eigenvalue weighted by Crippen LogP contribution is 1.99. The molecule has 1 rings (SSSR count). The zero-order valence-corrected chi connectivity index (χ0v) is 6.47. The highest BCUT2D eigenvalue weighted by molar-refractivity contribution is 6.30. The maximum atomic E-state index is 5.18. The van der Waals surface area contributed by atoms with Crippen LogP contribution < -0.4 is 0 Å². The van der Waals surface area contributed by atoms with Crippen molar-refractivity contribution in [2.24, 2.45) is 9.02 Å². The minimum atomic E-state index is 0.700. The first-order valence-electron chi connectivity index (χ1n) is 2.61. The molecule has 0 aliphatic heterocycles. The SMILES string of the molecule is ClN=C1C=CC(=NCl)C=C1. The molecule has 0 heterocycles. The topological polar surface area (TPSA) is 24.7 Å². The zero-order valence-electron chi connectivity index (χ0n) is 4.96. The predicted octanol–water partition coefficient (Wildman–Crippen LogP) is 2.30. The van der Waals surface area contributed by atoms with Crippen LogP contribution in [0.4, 0.5) is 0 Å². The Hall–Kier alpha value is -0.600. The maximum absolute atomic E-state index is 5.18. The lowest BCUT2D eigenvalue weighted by atomic mass is 10.1. The summed E-state index contributed by atoms with van der Waals surface area (Å²) >= 11 is 10.4. The van der Waals surface area contributed by atoms with E-state index in [2.05, 4.69) is 9.02 Å². The fourth-order valence-electron chi connectivity index (χ4n) is 0.565. The van der Waals surface area contributed by atoms with Crippen LogP contribution >= 0.6 is 23.6 Å². The van der Waals surface area contributed by atoms with E-state index in [9.17, 15) is 0 Å². The van der Waals surface area contributed by atoms with Gasteiger partial charge >= 0.3 is 0 Å². The van der Waals surface area contributed by atoms with Crippen LogP contribution in [-0.4, -0.2) is 11.4 Å². The van der Waals surface area contributed by atoms with Gasteiger partial charge in [0.15, 0.2) is 0 Å². The molecule has 0 aromatic rings. The van der Waals surface area contributed by atoms with Crippen LogP contribution in [0.15, 0.2) is 33.3 Å². The third-order valence-electron chi connectivity index (χ3n) is 1.04. The summed E-state index contributed by atoms with van der Waals surface area (Å²) in [4.78, 5) is 0. The molecule has 4 heteroatoms. The highest BCUT2D eigenvalue weighted by atomic mass is 35.5. The second-order valence-corrected chi connectivity index (χ2v) is 2.02. The quantitative estimate of drug-likeness (QED) is 0.504. The fourth-order valence-corrected chi connectivity index (χ4v) is 0.791. The number of nitrogens with zero attached hydrogens (tertiary/aromatic N) is 2. The summed E-state index contributed by atoms with van der Waals surface area (Å²) in [7, 11) is 0. The second kappa shape index (κ2) is 3.54. The lowest BCUT2D eigenvalue weighted by molar-refractivity contribution is 1.79. The van der Waals surface area contributed by atoms with Gasteiger partial charge in [0.2, 0.25) is 0 Å². The van der Waals surface area contributed by atoms with E-state index in [1.54, 1.807) is 24.3 Å². The van der Waals surface area contributed by atoms with Gasteiger partial charge < -0.3 is 0 Å². The van der Waals surface area contributed by atoms with Gasteiger partial charge in [-0.05, 0) is 24.3 Å². The minimum Gasteiger partial charge on any atom is -0.178 e. The van der Waals surface area contributed by atoms with Gasteiger partial charge in [0.25, 0.3) is 0 Å². The van der Waals surface area contributed by atoms with Crippen LogP contribution in [0.3, 0.4) is 0 Å². The Morgan fingerprint density at radius 3 is 1.30 bits per heavy atom. The van der Waals surface area contributed by atoms with Crippen molar-refractivity contribution in [2.45, 2.75) is 0 Å². The van der Waals surface area contributed by atoms with E-state index in [-0.39, 0.29) is 0 Å². The molecule has 0 fully saturated rings. The lowest BCUT2D eigenvalue weighted by Crippen LogP contribution is -1.97. The van der Waals surface area contributed by atoms with Gasteiger partial charge in [0.05, 0.1) is 11.4 Å². The first kappa shape index (κ1) is 7.51. The van der Waals surface area contributed by atoms with Crippen molar-refractivity contribution in [3.05, 3.63) is 24.3 Å². The van der Waals surface area contributed by atoms with E-state index < -0.39 is 0 Å². The molecule has 0 unspecified atom stereocenters. The first-order chi connectivity index (χ1) is 4.86. The Bertz CT molecular complexity index is 196. The third kappa shape index (κ3) is 1.69. The summed E-state index contributed by atoms with van der Waals surface area (Å²) < 4.78 is 6.87. The van der Waals surface area contributed by atoms with E-state index >= 15 is 0 Å². The highest BCUT2D eigenvalue weighted by Gasteiger charge is 1.96. The molecule has 0 aromatic carbocycles. The Kier molecular flexibility index (Phi) is 2.66. The van der Waals surface area contributed by atoms with Crippen molar-refractivity contribution < 1.29 is 0 Å². The molecule has 2 nitrogen and oxygen atoms in total. The Balaban J connectivity index is 2.81. The standard InChI is InChI=1S/C6H4Cl2N2/c7-9-5-1-2-6(10-8)4-3-5/h1-4H. The fraction of sp³-hybridized carbons (Fsp3) is 0. The summed E-state index contributed by atoms with van der Waals surface area (Å²) in [5.74, 6) is 0. The molecule has 1 aliphatic carbocycles. The number of hydrogen-bond donors (Lipinski definition) is 0. The van der Waals surface area contributed by atoms with Gasteiger partial charge in [0.1, 0.15) is 0 Å². The summed E-state index contributed by atoms with van der Waals surface area (Å²) in [5, 5.41) is 0. The molecule has 0 saturated carbocycles. The molecule has 0 spiro atoms. The molecule has 0 bridgehead atoms. The van der Waals surface area contributed by atoms with Crippen molar-refractivity contribution in [2.75, 3.05) is 0 Å². The number of rotatable bonds is 0. The van der Waals surface area contributed by atoms with Crippen molar-refractivity contribution in [1.82, 2.24) is 0 Å². The largest absolute Gasteiger partial charge is 0.178 e. The van der Waals surface area contributed by atoms with E-state index in [0.717, 1.165) is 0 Å². The molecular weight excluding hydrogens is 171 g/mol. The lowest BCUT2D eigenvalue weighted by Gasteiger charge is -1.96. The van der Waals surface area contributed by atoms with Gasteiger partial charge in [-0.25, -0.2) is 0 Å². The van der Waals surface area contributed by atoms with Crippen LogP contribution in [0.25, 0.3) is 0 Å². The van der Waals surface area contributed by atoms with E-state index in [4.69, 9.17) is 23.6 Å². The van der Waals surface area contributed by atoms with Gasteiger partial charge in [-0.3, -0.25) is 0 Å². The molecule has 0 N–H and O–H groups in total. The monoisotopic (exact) mass is 174 g/mol. The van der Waals surface area contributed by atoms with Crippen LogP contribution in [0.5, 0.6) is 0 Å². The molecule has 0 atom stereocenters. The summed E-state index contributed by atoms with van der Waals surface area (Å²) in [6.45, 7) is 0. The summed E-state index contributed by atoms with van der Waals surface area (Å²) in [6, 6.07) is 0. The molecule has 0 amide bonds. The molecule has 0 radical (unpaired) electrons. The zero-order chi connectivity index (χ0) is 7.40. The molecule has 52 valence electrons. The van der Waals surface area contributed by atoms with Gasteiger partial charge in [-0.2, -0.15) is 9.02 Å². The maximum Gasteiger partial charge on any atom is 0.0778 e. The number of allylic oxidation sites excluding steroid dienone is 4. The molecule has 0 aromatic heterocycles. The molecule has 1 aliphatic rings. The van der Waals surface area contributed by atoms with Crippen LogP contribution in [0, 0.1) is 0 Å². The summed E-state index contributed by atoms with van der Waals surface area (Å²) in [5.41, 5.74) is 1.40. The third-order valence-corrected chi connectivity index (χ3v) is 1.44. The van der Waals surface area contributed by atoms with Crippen molar-refractivity contribution in [3.8, 4) is 0 Å². The second-order valence-electron chi connectivity index (χ2n) is 1.69. The Labute approximate surface area is 68.8 Å². The molecular formula is C6H4Cl2N2. The van der Waals surface area contributed by atoms with Crippen molar-refractivity contribution in [1.29, 1.82) is 0 Å². The Morgan fingerprint density at radius 2 is 1.10 bits per heavy atom. The van der Waals surface area contributed by atoms with Crippen LogP contribution in [-0.2, 0) is 0 Å². The molecule has 0 saturated heterocycles. The van der Waals surface area contributed by atoms with Crippen molar-refractivity contribution >= 4 is 35.0 Å². The van der Waals surface area contributed by atoms with Gasteiger partial charge in [0, 0.05) is 23.6 Å². The van der Waals surface area contributed by atoms with Crippen LogP contribution in [0.2, 0.25) is 0 Å². The van der Waals surface area contributed by atoms with E-state index in [1.165, 1.54) is 0 Å². The average Bonchev–Trinajstić information content (AvgIpc) is 2.05. The van der Waals surface area contributed by atoms with E-state index in [1.807, 2.05) is 0 Å². The average molecular weight is 175 g/mol. The Morgan fingerprint density at radius 1 is 0.800 bits per heavy atom. The summed E-state index contributed by atoms with van der Waals surface area (Å²) in [6.07, 6.45) is 6.92. The predicted molar refractivity (Wildman–Crippen MR) is 44.9 cm³/mol. The molecule has 10 heavy (non-hydrogen) atoms.